The number of benzene rings is 3. The molecular weight excluding hydrogens is 970 g/mol. The van der Waals surface area contributed by atoms with E-state index in [0.717, 1.165) is 133 Å². The number of hydrogen-bond donors (Lipinski definition) is 3. The summed E-state index contributed by atoms with van der Waals surface area (Å²) in [7, 11) is -0.964. The van der Waals surface area contributed by atoms with Crippen molar-refractivity contribution < 1.29 is 18.9 Å². The lowest BCUT2D eigenvalue weighted by Gasteiger charge is -2.43. The van der Waals surface area contributed by atoms with Crippen molar-refractivity contribution in [3.63, 3.8) is 0 Å². The first-order chi connectivity index (χ1) is 33.6. The highest BCUT2D eigenvalue weighted by atomic mass is 79.9. The average Bonchev–Trinajstić information content (AvgIpc) is 3.60. The van der Waals surface area contributed by atoms with Gasteiger partial charge >= 0.3 is 5.69 Å². The monoisotopic (exact) mass is 1030 g/mol. The lowest BCUT2D eigenvalue weighted by molar-refractivity contribution is -0.135. The van der Waals surface area contributed by atoms with Crippen molar-refractivity contribution in [1.82, 2.24) is 39.2 Å². The Hall–Kier alpha value is -5.61. The van der Waals surface area contributed by atoms with Crippen LogP contribution in [0.25, 0.3) is 21.9 Å². The molecule has 3 aromatic heterocycles. The molecule has 0 saturated carbocycles. The van der Waals surface area contributed by atoms with Crippen LogP contribution in [0, 0.1) is 6.92 Å². The summed E-state index contributed by atoms with van der Waals surface area (Å²) >= 11 is 3.65. The van der Waals surface area contributed by atoms with Crippen LogP contribution in [0.3, 0.4) is 0 Å². The van der Waals surface area contributed by atoms with E-state index in [1.54, 1.807) is 35.7 Å². The number of hydrogen-bond acceptors (Lipinski definition) is 13. The Balaban J connectivity index is 0.836. The minimum absolute atomic E-state index is 0.218. The summed E-state index contributed by atoms with van der Waals surface area (Å²) in [6.45, 7) is 19.2. The smallest absolute Gasteiger partial charge is 0.329 e. The van der Waals surface area contributed by atoms with Gasteiger partial charge in [-0.15, -0.1) is 0 Å². The van der Waals surface area contributed by atoms with Gasteiger partial charge in [-0.05, 0) is 129 Å². The second kappa shape index (κ2) is 20.6. The topological polar surface area (TPSA) is 172 Å². The summed E-state index contributed by atoms with van der Waals surface area (Å²) in [4.78, 5) is 60.3. The fraction of sp³-hybridized carbons (Fsp3) is 0.462. The Bertz CT molecular complexity index is 3080. The van der Waals surface area contributed by atoms with E-state index < -0.39 is 19.1 Å². The summed E-state index contributed by atoms with van der Waals surface area (Å²) < 4.78 is 24.0. The van der Waals surface area contributed by atoms with Crippen LogP contribution in [0.4, 0.5) is 28.8 Å². The second-order valence-corrected chi connectivity index (χ2v) is 23.2. The maximum atomic E-state index is 13.8. The van der Waals surface area contributed by atoms with Crippen molar-refractivity contribution in [3.05, 3.63) is 92.1 Å². The molecule has 3 aliphatic rings. The Labute approximate surface area is 418 Å². The quantitative estimate of drug-likeness (QED) is 0.0673. The number of piperidine rings is 2. The molecule has 6 aromatic rings. The molecule has 70 heavy (non-hydrogen) atoms. The third-order valence-corrected chi connectivity index (χ3v) is 16.6. The number of rotatable bonds is 15. The van der Waals surface area contributed by atoms with Crippen molar-refractivity contribution in [2.75, 3.05) is 81.3 Å². The second-order valence-electron chi connectivity index (χ2n) is 19.2. The molecule has 3 saturated heterocycles. The predicted octanol–water partition coefficient (Wildman–Crippen LogP) is 7.81. The van der Waals surface area contributed by atoms with Crippen LogP contribution in [-0.4, -0.2) is 117 Å². The number of imide groups is 1. The predicted molar refractivity (Wildman–Crippen MR) is 284 cm³/mol. The fourth-order valence-corrected chi connectivity index (χ4v) is 12.5. The summed E-state index contributed by atoms with van der Waals surface area (Å²) in [5, 5.41) is 10.9. The van der Waals surface area contributed by atoms with Crippen LogP contribution in [0.2, 0.25) is 0 Å². The summed E-state index contributed by atoms with van der Waals surface area (Å²) in [6.07, 6.45) is 6.87. The first-order valence-electron chi connectivity index (χ1n) is 24.7. The molecule has 2 amide bonds. The number of fused-ring (bicyclic) bond motifs is 2. The van der Waals surface area contributed by atoms with Crippen LogP contribution < -0.4 is 36.6 Å². The number of aromatic nitrogens is 5. The lowest BCUT2D eigenvalue weighted by Crippen LogP contribution is -2.53. The van der Waals surface area contributed by atoms with Gasteiger partial charge in [0, 0.05) is 99.7 Å². The number of ether oxygens (including phenoxy) is 1. The molecule has 16 nitrogen and oxygen atoms in total. The molecule has 3 fully saturated rings. The third kappa shape index (κ3) is 9.99. The molecule has 1 atom stereocenters. The van der Waals surface area contributed by atoms with Crippen LogP contribution >= 0.6 is 23.1 Å². The molecular formula is C52H65BrN11O5P. The van der Waals surface area contributed by atoms with Crippen molar-refractivity contribution in [3.8, 4) is 5.75 Å². The third-order valence-electron chi connectivity index (χ3n) is 14.4. The Morgan fingerprint density at radius 2 is 1.66 bits per heavy atom. The highest BCUT2D eigenvalue weighted by Gasteiger charge is 2.33. The van der Waals surface area contributed by atoms with E-state index in [2.05, 4.69) is 84.5 Å². The zero-order chi connectivity index (χ0) is 49.4. The molecule has 9 rings (SSSR count). The molecule has 6 heterocycles. The van der Waals surface area contributed by atoms with Gasteiger partial charge in [0.25, 0.3) is 0 Å². The molecule has 0 aliphatic carbocycles. The number of pyridine rings is 1. The lowest BCUT2D eigenvalue weighted by atomic mass is 9.99. The zero-order valence-electron chi connectivity index (χ0n) is 41.4. The molecule has 0 spiro atoms. The van der Waals surface area contributed by atoms with Crippen molar-refractivity contribution >= 4 is 91.0 Å². The fourth-order valence-electron chi connectivity index (χ4n) is 10.7. The Kier molecular flexibility index (Phi) is 14.5. The van der Waals surface area contributed by atoms with E-state index in [0.29, 0.717) is 41.0 Å². The van der Waals surface area contributed by atoms with Crippen molar-refractivity contribution in [2.45, 2.75) is 84.7 Å². The summed E-state index contributed by atoms with van der Waals surface area (Å²) in [6, 6.07) is 16.1. The molecule has 0 bridgehead atoms. The maximum Gasteiger partial charge on any atom is 0.329 e. The highest BCUT2D eigenvalue weighted by Crippen LogP contribution is 2.43. The number of imidazole rings is 1. The Morgan fingerprint density at radius 1 is 0.886 bits per heavy atom. The van der Waals surface area contributed by atoms with Crippen molar-refractivity contribution in [2.24, 2.45) is 7.05 Å². The summed E-state index contributed by atoms with van der Waals surface area (Å²) in [5.41, 5.74) is 9.37. The number of aryl methyl sites for hydroxylation is 4. The first-order valence-corrected chi connectivity index (χ1v) is 28.1. The maximum absolute atomic E-state index is 13.8. The van der Waals surface area contributed by atoms with E-state index in [1.165, 1.54) is 11.3 Å². The van der Waals surface area contributed by atoms with Gasteiger partial charge in [-0.25, -0.2) is 9.78 Å². The largest absolute Gasteiger partial charge is 0.492 e. The van der Waals surface area contributed by atoms with E-state index >= 15 is 0 Å². The van der Waals surface area contributed by atoms with Gasteiger partial charge in [0.2, 0.25) is 17.8 Å². The van der Waals surface area contributed by atoms with Crippen LogP contribution in [0.1, 0.15) is 74.9 Å². The standard InChI is InChI=1S/C52H65BrN11O5P/c1-8-33-29-41(57-51-54-31-38(53)49(59-51)56-40-15-14-39-37(48(40)70(6,7)68)13-12-34(9-2)55-39)45(69-10-3)30-44(33)63-23-19-35(20-24-63)62-27-25-61(26-28-62)22-21-36-32(4)11-16-42-47(36)60(5)52(67)64(42)43-17-18-46(65)58-50(43)66/h11-16,29-31,35,43H,8-10,17-28H2,1-7H3,(H,58,65,66)(H2,54,56,57,59). The van der Waals surface area contributed by atoms with E-state index in [4.69, 9.17) is 14.7 Å². The van der Waals surface area contributed by atoms with Gasteiger partial charge in [-0.1, -0.05) is 26.0 Å². The zero-order valence-corrected chi connectivity index (χ0v) is 43.9. The minimum Gasteiger partial charge on any atom is -0.492 e. The summed E-state index contributed by atoms with van der Waals surface area (Å²) in [5.74, 6) is 0.970. The molecule has 3 N–H and O–H groups in total. The molecule has 18 heteroatoms. The number of piperazine rings is 1. The van der Waals surface area contributed by atoms with Gasteiger partial charge in [0.15, 0.2) is 0 Å². The minimum atomic E-state index is -2.75. The SMILES string of the molecule is CCOc1cc(N2CCC(N3CCN(CCc4c(C)ccc5c4n(C)c(=O)n5C4CCC(=O)NC4=O)CC3)CC2)c(CC)cc1Nc1ncc(Br)c(Nc2ccc3nc(CC)ccc3c2P(C)(C)=O)n1. The van der Waals surface area contributed by atoms with Gasteiger partial charge in [0.05, 0.1) is 39.0 Å². The van der Waals surface area contributed by atoms with Gasteiger partial charge < -0.3 is 29.7 Å². The molecule has 0 radical (unpaired) electrons. The Morgan fingerprint density at radius 3 is 2.36 bits per heavy atom. The number of carbonyl (C=O) groups is 2. The van der Waals surface area contributed by atoms with E-state index in [9.17, 15) is 18.9 Å². The molecule has 3 aromatic carbocycles. The number of anilines is 5. The van der Waals surface area contributed by atoms with E-state index in [1.807, 2.05) is 43.3 Å². The van der Waals surface area contributed by atoms with Crippen LogP contribution in [0.15, 0.2) is 64.0 Å². The van der Waals surface area contributed by atoms with Gasteiger partial charge in [-0.3, -0.25) is 33.9 Å². The normalized spacial score (nSPS) is 17.7. The van der Waals surface area contributed by atoms with Crippen molar-refractivity contribution in [1.29, 1.82) is 0 Å². The average molecular weight is 1040 g/mol. The highest BCUT2D eigenvalue weighted by molar-refractivity contribution is 9.10. The molecule has 1 unspecified atom stereocenters. The van der Waals surface area contributed by atoms with Gasteiger partial charge in [0.1, 0.15) is 24.8 Å². The van der Waals surface area contributed by atoms with E-state index in [-0.39, 0.29) is 18.0 Å². The number of carbonyl (C=O) groups excluding carboxylic acids is 2. The number of halogens is 1. The number of amides is 2. The van der Waals surface area contributed by atoms with Gasteiger partial charge in [-0.2, -0.15) is 4.98 Å². The van der Waals surface area contributed by atoms with Crippen LogP contribution in [0.5, 0.6) is 5.75 Å². The molecule has 3 aliphatic heterocycles. The number of nitrogens with zero attached hydrogens (tertiary/aromatic N) is 8. The van der Waals surface area contributed by atoms with Crippen LogP contribution in [-0.2, 0) is 40.5 Å². The molecule has 370 valence electrons. The first kappa shape index (κ1) is 49.4. The number of nitrogens with one attached hydrogen (secondary N) is 3.